The number of benzene rings is 1. The average molecular weight is 260 g/mol. The van der Waals surface area contributed by atoms with Crippen LogP contribution in [-0.4, -0.2) is 35.4 Å². The van der Waals surface area contributed by atoms with E-state index in [-0.39, 0.29) is 6.61 Å². The number of rotatable bonds is 4. The zero-order valence-corrected chi connectivity index (χ0v) is 11.5. The van der Waals surface area contributed by atoms with E-state index < -0.39 is 6.04 Å². The Labute approximate surface area is 113 Å². The summed E-state index contributed by atoms with van der Waals surface area (Å²) in [7, 11) is 4.03. The Morgan fingerprint density at radius 2 is 2.16 bits per heavy atom. The van der Waals surface area contributed by atoms with E-state index in [0.717, 1.165) is 17.1 Å². The average Bonchev–Trinajstić information content (AvgIpc) is 2.87. The molecule has 0 bridgehead atoms. The molecule has 1 aromatic heterocycles. The number of aryl methyl sites for hydroxylation is 1. The Morgan fingerprint density at radius 1 is 1.42 bits per heavy atom. The van der Waals surface area contributed by atoms with E-state index in [0.29, 0.717) is 0 Å². The van der Waals surface area contributed by atoms with E-state index in [2.05, 4.69) is 28.9 Å². The van der Waals surface area contributed by atoms with Gasteiger partial charge in [-0.2, -0.15) is 0 Å². The van der Waals surface area contributed by atoms with Gasteiger partial charge in [-0.05, 0) is 24.6 Å². The van der Waals surface area contributed by atoms with Gasteiger partial charge in [0.05, 0.1) is 30.9 Å². The van der Waals surface area contributed by atoms with Gasteiger partial charge in [0.25, 0.3) is 0 Å². The normalized spacial score (nSPS) is 12.5. The Bertz CT molecular complexity index is 562. The molecule has 102 valence electrons. The maximum Gasteiger partial charge on any atom is 0.0994 e. The van der Waals surface area contributed by atoms with Gasteiger partial charge in [-0.25, -0.2) is 4.98 Å². The van der Waals surface area contributed by atoms with Crippen molar-refractivity contribution in [2.75, 3.05) is 25.6 Å². The topological polar surface area (TPSA) is 67.3 Å². The lowest BCUT2D eigenvalue weighted by Gasteiger charge is -2.18. The third-order valence-electron chi connectivity index (χ3n) is 3.20. The number of aliphatic hydroxyl groups excluding tert-OH is 1. The molecule has 0 aliphatic rings. The second kappa shape index (κ2) is 5.42. The van der Waals surface area contributed by atoms with Crippen molar-refractivity contribution < 1.29 is 5.11 Å². The molecule has 0 amide bonds. The van der Waals surface area contributed by atoms with Crippen LogP contribution in [0.5, 0.6) is 0 Å². The highest BCUT2D eigenvalue weighted by Crippen LogP contribution is 2.24. The van der Waals surface area contributed by atoms with Crippen LogP contribution in [0.4, 0.5) is 5.69 Å². The number of imidazole rings is 1. The zero-order valence-electron chi connectivity index (χ0n) is 11.5. The van der Waals surface area contributed by atoms with Crippen LogP contribution >= 0.6 is 0 Å². The summed E-state index contributed by atoms with van der Waals surface area (Å²) in [6, 6.07) is 5.76. The highest BCUT2D eigenvalue weighted by atomic mass is 16.3. The van der Waals surface area contributed by atoms with Gasteiger partial charge in [0, 0.05) is 25.5 Å². The van der Waals surface area contributed by atoms with E-state index in [1.807, 2.05) is 24.7 Å². The lowest BCUT2D eigenvalue weighted by atomic mass is 10.1. The van der Waals surface area contributed by atoms with Crippen molar-refractivity contribution in [2.45, 2.75) is 13.0 Å². The van der Waals surface area contributed by atoms with Crippen LogP contribution in [0, 0.1) is 6.92 Å². The Kier molecular flexibility index (Phi) is 3.87. The van der Waals surface area contributed by atoms with Crippen molar-refractivity contribution in [1.29, 1.82) is 0 Å². The van der Waals surface area contributed by atoms with Gasteiger partial charge in [-0.3, -0.25) is 0 Å². The smallest absolute Gasteiger partial charge is 0.0994 e. The Morgan fingerprint density at radius 3 is 2.79 bits per heavy atom. The molecular formula is C14H20N4O. The molecule has 2 rings (SSSR count). The van der Waals surface area contributed by atoms with E-state index >= 15 is 0 Å². The molecule has 0 saturated carbocycles. The minimum atomic E-state index is -0.424. The van der Waals surface area contributed by atoms with Gasteiger partial charge in [0.15, 0.2) is 0 Å². The molecule has 2 aromatic rings. The van der Waals surface area contributed by atoms with Crippen LogP contribution in [0.1, 0.15) is 17.3 Å². The third-order valence-corrected chi connectivity index (χ3v) is 3.20. The quantitative estimate of drug-likeness (QED) is 0.868. The highest BCUT2D eigenvalue weighted by Gasteiger charge is 2.12. The molecule has 1 aromatic carbocycles. The fraction of sp³-hybridized carbons (Fsp3) is 0.357. The molecule has 1 unspecified atom stereocenters. The van der Waals surface area contributed by atoms with Crippen LogP contribution in [0.2, 0.25) is 0 Å². The summed E-state index contributed by atoms with van der Waals surface area (Å²) in [4.78, 5) is 6.19. The highest BCUT2D eigenvalue weighted by molar-refractivity contribution is 5.58. The van der Waals surface area contributed by atoms with Gasteiger partial charge in [-0.15, -0.1) is 0 Å². The maximum absolute atomic E-state index is 9.19. The monoisotopic (exact) mass is 260 g/mol. The Hall–Kier alpha value is -1.85. The maximum atomic E-state index is 9.19. The number of anilines is 1. The van der Waals surface area contributed by atoms with Crippen molar-refractivity contribution in [3.05, 3.63) is 42.0 Å². The molecule has 5 heteroatoms. The van der Waals surface area contributed by atoms with Crippen molar-refractivity contribution in [3.63, 3.8) is 0 Å². The van der Waals surface area contributed by atoms with E-state index in [4.69, 9.17) is 5.73 Å². The summed E-state index contributed by atoms with van der Waals surface area (Å²) in [5.74, 6) is 0. The molecule has 5 nitrogen and oxygen atoms in total. The first-order valence-electron chi connectivity index (χ1n) is 6.21. The van der Waals surface area contributed by atoms with Gasteiger partial charge >= 0.3 is 0 Å². The molecule has 0 fully saturated rings. The third kappa shape index (κ3) is 2.62. The summed E-state index contributed by atoms with van der Waals surface area (Å²) in [6.07, 6.45) is 3.41. The molecule has 0 aliphatic heterocycles. The summed E-state index contributed by atoms with van der Waals surface area (Å²) in [5.41, 5.74) is 10.0. The lowest BCUT2D eigenvalue weighted by molar-refractivity contribution is 0.265. The minimum absolute atomic E-state index is 0.0991. The van der Waals surface area contributed by atoms with E-state index in [1.54, 1.807) is 12.5 Å². The number of aliphatic hydroxyl groups is 1. The van der Waals surface area contributed by atoms with Crippen LogP contribution in [0.25, 0.3) is 5.69 Å². The van der Waals surface area contributed by atoms with Crippen LogP contribution in [-0.2, 0) is 0 Å². The summed E-state index contributed by atoms with van der Waals surface area (Å²) < 4.78 is 1.91. The fourth-order valence-electron chi connectivity index (χ4n) is 2.12. The first-order chi connectivity index (χ1) is 9.04. The SMILES string of the molecule is Cc1ccc(-n2cncc2C(N)CO)cc1N(C)C. The number of aromatic nitrogens is 2. The summed E-state index contributed by atoms with van der Waals surface area (Å²) in [6.45, 7) is 1.98. The minimum Gasteiger partial charge on any atom is -0.394 e. The zero-order chi connectivity index (χ0) is 14.0. The van der Waals surface area contributed by atoms with Gasteiger partial charge < -0.3 is 20.3 Å². The largest absolute Gasteiger partial charge is 0.394 e. The number of hydrogen-bond acceptors (Lipinski definition) is 4. The first-order valence-corrected chi connectivity index (χ1v) is 6.21. The molecule has 0 aliphatic carbocycles. The molecular weight excluding hydrogens is 240 g/mol. The second-order valence-corrected chi connectivity index (χ2v) is 4.84. The number of hydrogen-bond donors (Lipinski definition) is 2. The van der Waals surface area contributed by atoms with Crippen molar-refractivity contribution >= 4 is 5.69 Å². The first kappa shape index (κ1) is 13.6. The molecule has 1 heterocycles. The summed E-state index contributed by atoms with van der Waals surface area (Å²) in [5, 5.41) is 9.19. The predicted octanol–water partition coefficient (Wildman–Crippen LogP) is 1.24. The molecule has 0 spiro atoms. The second-order valence-electron chi connectivity index (χ2n) is 4.84. The molecule has 0 radical (unpaired) electrons. The van der Waals surface area contributed by atoms with Crippen molar-refractivity contribution in [3.8, 4) is 5.69 Å². The number of nitrogens with two attached hydrogens (primary N) is 1. The standard InChI is InChI=1S/C14H20N4O/c1-10-4-5-11(6-13(10)17(2)3)18-9-16-7-14(18)12(15)8-19/h4-7,9,12,19H,8,15H2,1-3H3. The fourth-order valence-corrected chi connectivity index (χ4v) is 2.12. The molecule has 3 N–H and O–H groups in total. The van der Waals surface area contributed by atoms with Crippen LogP contribution in [0.3, 0.4) is 0 Å². The van der Waals surface area contributed by atoms with Crippen LogP contribution < -0.4 is 10.6 Å². The van der Waals surface area contributed by atoms with Gasteiger partial charge in [0.1, 0.15) is 0 Å². The Balaban J connectivity index is 2.48. The molecule has 19 heavy (non-hydrogen) atoms. The molecule has 0 saturated heterocycles. The predicted molar refractivity (Wildman–Crippen MR) is 76.6 cm³/mol. The van der Waals surface area contributed by atoms with Crippen LogP contribution in [0.15, 0.2) is 30.7 Å². The number of nitrogens with zero attached hydrogens (tertiary/aromatic N) is 3. The lowest BCUT2D eigenvalue weighted by Crippen LogP contribution is -2.18. The summed E-state index contributed by atoms with van der Waals surface area (Å²) >= 11 is 0. The van der Waals surface area contributed by atoms with Gasteiger partial charge in [0.2, 0.25) is 0 Å². The van der Waals surface area contributed by atoms with E-state index in [1.165, 1.54) is 5.56 Å². The van der Waals surface area contributed by atoms with E-state index in [9.17, 15) is 5.11 Å². The van der Waals surface area contributed by atoms with Crippen molar-refractivity contribution in [1.82, 2.24) is 9.55 Å². The van der Waals surface area contributed by atoms with Gasteiger partial charge in [-0.1, -0.05) is 6.07 Å². The molecule has 1 atom stereocenters. The van der Waals surface area contributed by atoms with Crippen molar-refractivity contribution in [2.24, 2.45) is 5.73 Å².